The number of benzene rings is 1. The van der Waals surface area contributed by atoms with Crippen LogP contribution in [0.3, 0.4) is 0 Å². The highest BCUT2D eigenvalue weighted by atomic mass is 35.5. The molecule has 27 heavy (non-hydrogen) atoms. The van der Waals surface area contributed by atoms with Gasteiger partial charge in [0.05, 0.1) is 9.26 Å². The maximum atomic E-state index is 12.8. The molecule has 146 valence electrons. The second-order valence-corrected chi connectivity index (χ2v) is 11.4. The van der Waals surface area contributed by atoms with Crippen molar-refractivity contribution in [2.45, 2.75) is 9.10 Å². The lowest BCUT2D eigenvalue weighted by Crippen LogP contribution is -2.50. The summed E-state index contributed by atoms with van der Waals surface area (Å²) in [6.45, 7) is -0.325. The van der Waals surface area contributed by atoms with Crippen molar-refractivity contribution in [3.05, 3.63) is 50.8 Å². The predicted molar refractivity (Wildman–Crippen MR) is 99.9 cm³/mol. The molecule has 1 aliphatic heterocycles. The summed E-state index contributed by atoms with van der Waals surface area (Å²) in [6.07, 6.45) is 0. The third-order valence-corrected chi connectivity index (χ3v) is 9.56. The molecular formula is C14H14ClN3O6S3. The molecular weight excluding hydrogens is 438 g/mol. The molecule has 0 unspecified atom stereocenters. The Bertz CT molecular complexity index is 1080. The van der Waals surface area contributed by atoms with Gasteiger partial charge in [0, 0.05) is 32.2 Å². The molecule has 0 saturated carbocycles. The molecule has 0 bridgehead atoms. The van der Waals surface area contributed by atoms with Gasteiger partial charge in [-0.3, -0.25) is 10.1 Å². The summed E-state index contributed by atoms with van der Waals surface area (Å²) in [5.74, 6) is 0. The molecule has 1 saturated heterocycles. The van der Waals surface area contributed by atoms with Crippen molar-refractivity contribution in [1.82, 2.24) is 8.61 Å². The highest BCUT2D eigenvalue weighted by Gasteiger charge is 2.36. The van der Waals surface area contributed by atoms with Gasteiger partial charge in [0.2, 0.25) is 10.0 Å². The van der Waals surface area contributed by atoms with E-state index in [0.29, 0.717) is 4.34 Å². The SMILES string of the molecule is O=[N+]([O-])c1ccccc1S(=O)(=O)N1CCN(S(=O)(=O)c2ccc(Cl)s2)CC1. The van der Waals surface area contributed by atoms with Gasteiger partial charge >= 0.3 is 0 Å². The van der Waals surface area contributed by atoms with Gasteiger partial charge in [-0.05, 0) is 18.2 Å². The Morgan fingerprint density at radius 2 is 1.48 bits per heavy atom. The number of halogens is 1. The number of para-hydroxylation sites is 1. The third-order valence-electron chi connectivity index (χ3n) is 4.02. The van der Waals surface area contributed by atoms with Crippen LogP contribution in [-0.4, -0.2) is 56.5 Å². The van der Waals surface area contributed by atoms with E-state index in [1.807, 2.05) is 0 Å². The van der Waals surface area contributed by atoms with Crippen LogP contribution in [0.15, 0.2) is 45.5 Å². The van der Waals surface area contributed by atoms with Gasteiger partial charge in [-0.2, -0.15) is 8.61 Å². The second-order valence-electron chi connectivity index (χ2n) is 5.59. The molecule has 0 N–H and O–H groups in total. The first kappa shape index (κ1) is 20.2. The molecule has 2 aromatic rings. The maximum Gasteiger partial charge on any atom is 0.289 e. The van der Waals surface area contributed by atoms with Crippen molar-refractivity contribution in [3.8, 4) is 0 Å². The van der Waals surface area contributed by atoms with Gasteiger partial charge < -0.3 is 0 Å². The van der Waals surface area contributed by atoms with Crippen LogP contribution in [0, 0.1) is 10.1 Å². The first-order valence-electron chi connectivity index (χ1n) is 7.63. The van der Waals surface area contributed by atoms with Crippen molar-refractivity contribution in [3.63, 3.8) is 0 Å². The Hall–Kier alpha value is -1.57. The van der Waals surface area contributed by atoms with E-state index in [1.54, 1.807) is 0 Å². The number of nitro groups is 1. The number of thiophene rings is 1. The summed E-state index contributed by atoms with van der Waals surface area (Å²) < 4.78 is 53.4. The van der Waals surface area contributed by atoms with E-state index in [2.05, 4.69) is 0 Å². The molecule has 2 heterocycles. The Labute approximate surface area is 165 Å². The molecule has 0 aliphatic carbocycles. The molecule has 1 aromatic carbocycles. The number of nitrogens with zero attached hydrogens (tertiary/aromatic N) is 3. The first-order valence-corrected chi connectivity index (χ1v) is 11.7. The van der Waals surface area contributed by atoms with E-state index < -0.39 is 35.6 Å². The minimum Gasteiger partial charge on any atom is -0.258 e. The average Bonchev–Trinajstić information content (AvgIpc) is 3.09. The number of rotatable bonds is 5. The van der Waals surface area contributed by atoms with Crippen LogP contribution in [0.25, 0.3) is 0 Å². The summed E-state index contributed by atoms with van der Waals surface area (Å²) in [5, 5.41) is 11.1. The standard InChI is InChI=1S/C14H14ClN3O6S3/c15-13-5-6-14(25-13)27(23,24)17-9-7-16(8-10-17)26(21,22)12-4-2-1-3-11(12)18(19)20/h1-6H,7-10H2. The van der Waals surface area contributed by atoms with Crippen LogP contribution in [0.4, 0.5) is 5.69 Å². The Balaban J connectivity index is 1.81. The zero-order chi connectivity index (χ0) is 19.8. The Morgan fingerprint density at radius 3 is 2.00 bits per heavy atom. The average molecular weight is 452 g/mol. The zero-order valence-corrected chi connectivity index (χ0v) is 16.9. The van der Waals surface area contributed by atoms with E-state index >= 15 is 0 Å². The normalized spacial score (nSPS) is 17.1. The lowest BCUT2D eigenvalue weighted by atomic mass is 10.3. The molecule has 13 heteroatoms. The lowest BCUT2D eigenvalue weighted by molar-refractivity contribution is -0.387. The largest absolute Gasteiger partial charge is 0.289 e. The lowest BCUT2D eigenvalue weighted by Gasteiger charge is -2.32. The monoisotopic (exact) mass is 451 g/mol. The Morgan fingerprint density at radius 1 is 0.926 bits per heavy atom. The van der Waals surface area contributed by atoms with Crippen LogP contribution in [-0.2, 0) is 20.0 Å². The zero-order valence-electron chi connectivity index (χ0n) is 13.7. The fourth-order valence-electron chi connectivity index (χ4n) is 2.68. The molecule has 1 fully saturated rings. The fraction of sp³-hybridized carbons (Fsp3) is 0.286. The number of hydrogen-bond donors (Lipinski definition) is 0. The molecule has 1 aliphatic rings. The van der Waals surface area contributed by atoms with Crippen molar-refractivity contribution in [1.29, 1.82) is 0 Å². The third kappa shape index (κ3) is 3.86. The van der Waals surface area contributed by atoms with Crippen LogP contribution < -0.4 is 0 Å². The van der Waals surface area contributed by atoms with Gasteiger partial charge in [0.15, 0.2) is 4.90 Å². The van der Waals surface area contributed by atoms with Crippen LogP contribution in [0.2, 0.25) is 4.34 Å². The number of sulfonamides is 2. The summed E-state index contributed by atoms with van der Waals surface area (Å²) >= 11 is 6.72. The first-order chi connectivity index (χ1) is 12.6. The molecule has 0 radical (unpaired) electrons. The van der Waals surface area contributed by atoms with Gasteiger partial charge in [-0.15, -0.1) is 11.3 Å². The van der Waals surface area contributed by atoms with Crippen LogP contribution >= 0.6 is 22.9 Å². The maximum absolute atomic E-state index is 12.8. The van der Waals surface area contributed by atoms with Crippen molar-refractivity contribution < 1.29 is 21.8 Å². The van der Waals surface area contributed by atoms with E-state index in [9.17, 15) is 26.9 Å². The quantitative estimate of drug-likeness (QED) is 0.506. The second kappa shape index (κ2) is 7.45. The number of hydrogen-bond acceptors (Lipinski definition) is 7. The number of piperazine rings is 1. The highest BCUT2D eigenvalue weighted by Crippen LogP contribution is 2.30. The van der Waals surface area contributed by atoms with Gasteiger partial charge in [0.25, 0.3) is 15.7 Å². The van der Waals surface area contributed by atoms with Gasteiger partial charge in [-0.1, -0.05) is 23.7 Å². The van der Waals surface area contributed by atoms with E-state index in [4.69, 9.17) is 11.6 Å². The summed E-state index contributed by atoms with van der Waals surface area (Å²) in [6, 6.07) is 7.96. The molecule has 0 spiro atoms. The smallest absolute Gasteiger partial charge is 0.258 e. The summed E-state index contributed by atoms with van der Waals surface area (Å²) in [5.41, 5.74) is -0.513. The molecule has 1 aromatic heterocycles. The molecule has 0 amide bonds. The molecule has 0 atom stereocenters. The van der Waals surface area contributed by atoms with Crippen molar-refractivity contribution in [2.24, 2.45) is 0 Å². The Kier molecular flexibility index (Phi) is 5.57. The van der Waals surface area contributed by atoms with Gasteiger partial charge in [-0.25, -0.2) is 16.8 Å². The van der Waals surface area contributed by atoms with E-state index in [0.717, 1.165) is 21.7 Å². The fourth-order valence-corrected chi connectivity index (χ4v) is 7.32. The van der Waals surface area contributed by atoms with E-state index in [1.165, 1.54) is 34.6 Å². The highest BCUT2D eigenvalue weighted by molar-refractivity contribution is 7.91. The summed E-state index contributed by atoms with van der Waals surface area (Å²) in [4.78, 5) is 9.96. The predicted octanol–water partition coefficient (Wildman–Crippen LogP) is 2.00. The van der Waals surface area contributed by atoms with E-state index in [-0.39, 0.29) is 30.4 Å². The topological polar surface area (TPSA) is 118 Å². The molecule has 9 nitrogen and oxygen atoms in total. The van der Waals surface area contributed by atoms with Crippen LogP contribution in [0.1, 0.15) is 0 Å². The van der Waals surface area contributed by atoms with Crippen molar-refractivity contribution >= 4 is 48.7 Å². The minimum absolute atomic E-state index is 0.0578. The van der Waals surface area contributed by atoms with Gasteiger partial charge in [0.1, 0.15) is 4.21 Å². The van der Waals surface area contributed by atoms with Crippen molar-refractivity contribution in [2.75, 3.05) is 26.2 Å². The molecule has 3 rings (SSSR count). The van der Waals surface area contributed by atoms with Crippen LogP contribution in [0.5, 0.6) is 0 Å². The summed E-state index contributed by atoms with van der Waals surface area (Å²) in [7, 11) is -7.87. The number of nitro benzene ring substituents is 1. The minimum atomic E-state index is -4.12.